The van der Waals surface area contributed by atoms with Gasteiger partial charge in [0.1, 0.15) is 5.60 Å². The molecular weight excluding hydrogens is 240 g/mol. The molecule has 2 aliphatic heterocycles. The third-order valence-electron chi connectivity index (χ3n) is 4.96. The molecule has 4 heteroatoms. The maximum absolute atomic E-state index is 12.8. The van der Waals surface area contributed by atoms with Crippen LogP contribution in [-0.4, -0.2) is 49.7 Å². The highest BCUT2D eigenvalue weighted by Crippen LogP contribution is 2.29. The van der Waals surface area contributed by atoms with Crippen LogP contribution in [0.25, 0.3) is 0 Å². The minimum absolute atomic E-state index is 0.221. The van der Waals surface area contributed by atoms with Crippen molar-refractivity contribution in [3.63, 3.8) is 0 Å². The lowest BCUT2D eigenvalue weighted by Crippen LogP contribution is -2.56. The molecule has 0 spiro atoms. The van der Waals surface area contributed by atoms with Gasteiger partial charge in [-0.05, 0) is 50.6 Å². The zero-order chi connectivity index (χ0) is 13.9. The number of likely N-dealkylation sites (tertiary alicyclic amines) is 1. The molecule has 2 rings (SSSR count). The molecule has 2 aliphatic rings. The summed E-state index contributed by atoms with van der Waals surface area (Å²) in [5.41, 5.74) is -0.560. The molecule has 0 aliphatic carbocycles. The van der Waals surface area contributed by atoms with E-state index in [0.717, 1.165) is 63.7 Å². The maximum atomic E-state index is 12.8. The van der Waals surface area contributed by atoms with Crippen molar-refractivity contribution in [1.82, 2.24) is 10.2 Å². The van der Waals surface area contributed by atoms with Crippen molar-refractivity contribution in [2.75, 3.05) is 33.3 Å². The van der Waals surface area contributed by atoms with Crippen LogP contribution >= 0.6 is 0 Å². The molecule has 0 bridgehead atoms. The van der Waals surface area contributed by atoms with Crippen LogP contribution in [0.4, 0.5) is 0 Å². The van der Waals surface area contributed by atoms with E-state index in [9.17, 15) is 4.79 Å². The van der Waals surface area contributed by atoms with Crippen LogP contribution in [0.2, 0.25) is 0 Å². The summed E-state index contributed by atoms with van der Waals surface area (Å²) in [6, 6.07) is 0. The third kappa shape index (κ3) is 3.11. The number of ether oxygens (including phenoxy) is 1. The minimum atomic E-state index is -0.560. The predicted octanol–water partition coefficient (Wildman–Crippen LogP) is 1.65. The standard InChI is InChI=1S/C15H28N2O2/c1-12(2)13-4-10-17(11-5-13)14(18)15(19-3)6-8-16-9-7-15/h12-13,16H,4-11H2,1-3H3. The summed E-state index contributed by atoms with van der Waals surface area (Å²) < 4.78 is 5.64. The zero-order valence-corrected chi connectivity index (χ0v) is 12.6. The predicted molar refractivity (Wildman–Crippen MR) is 76.0 cm³/mol. The van der Waals surface area contributed by atoms with Crippen LogP contribution in [0.15, 0.2) is 0 Å². The lowest BCUT2D eigenvalue weighted by molar-refractivity contribution is -0.160. The van der Waals surface area contributed by atoms with Crippen LogP contribution in [0.1, 0.15) is 39.5 Å². The van der Waals surface area contributed by atoms with Gasteiger partial charge in [-0.25, -0.2) is 0 Å². The van der Waals surface area contributed by atoms with Gasteiger partial charge in [0.05, 0.1) is 0 Å². The fourth-order valence-corrected chi connectivity index (χ4v) is 3.39. The van der Waals surface area contributed by atoms with Gasteiger partial charge in [0, 0.05) is 20.2 Å². The van der Waals surface area contributed by atoms with E-state index in [0.29, 0.717) is 0 Å². The summed E-state index contributed by atoms with van der Waals surface area (Å²) in [6.07, 6.45) is 3.88. The Labute approximate surface area is 116 Å². The summed E-state index contributed by atoms with van der Waals surface area (Å²) in [4.78, 5) is 14.8. The van der Waals surface area contributed by atoms with Crippen molar-refractivity contribution in [2.24, 2.45) is 11.8 Å². The Bertz CT molecular complexity index is 303. The van der Waals surface area contributed by atoms with Crippen LogP contribution in [0.5, 0.6) is 0 Å². The topological polar surface area (TPSA) is 41.6 Å². The van der Waals surface area contributed by atoms with Gasteiger partial charge in [-0.15, -0.1) is 0 Å². The van der Waals surface area contributed by atoms with Crippen molar-refractivity contribution >= 4 is 5.91 Å². The van der Waals surface area contributed by atoms with E-state index < -0.39 is 5.60 Å². The smallest absolute Gasteiger partial charge is 0.254 e. The molecule has 19 heavy (non-hydrogen) atoms. The number of hydrogen-bond acceptors (Lipinski definition) is 3. The number of carbonyl (C=O) groups is 1. The van der Waals surface area contributed by atoms with E-state index >= 15 is 0 Å². The number of piperidine rings is 2. The molecular formula is C15H28N2O2. The van der Waals surface area contributed by atoms with Gasteiger partial charge in [0.15, 0.2) is 0 Å². The van der Waals surface area contributed by atoms with Crippen LogP contribution in [0.3, 0.4) is 0 Å². The largest absolute Gasteiger partial charge is 0.368 e. The number of nitrogens with one attached hydrogen (secondary N) is 1. The number of nitrogens with zero attached hydrogens (tertiary/aromatic N) is 1. The van der Waals surface area contributed by atoms with Gasteiger partial charge in [-0.3, -0.25) is 4.79 Å². The lowest BCUT2D eigenvalue weighted by Gasteiger charge is -2.42. The Balaban J connectivity index is 1.96. The normalized spacial score (nSPS) is 24.7. The summed E-state index contributed by atoms with van der Waals surface area (Å²) in [6.45, 7) is 8.13. The quantitative estimate of drug-likeness (QED) is 0.846. The molecule has 0 aromatic heterocycles. The van der Waals surface area contributed by atoms with E-state index in [1.54, 1.807) is 7.11 Å². The molecule has 1 amide bonds. The highest BCUT2D eigenvalue weighted by Gasteiger charge is 2.43. The van der Waals surface area contributed by atoms with E-state index in [2.05, 4.69) is 19.2 Å². The molecule has 0 aromatic carbocycles. The average molecular weight is 268 g/mol. The summed E-state index contributed by atoms with van der Waals surface area (Å²) in [5, 5.41) is 3.30. The summed E-state index contributed by atoms with van der Waals surface area (Å²) >= 11 is 0. The fourth-order valence-electron chi connectivity index (χ4n) is 3.39. The van der Waals surface area contributed by atoms with Crippen LogP contribution < -0.4 is 5.32 Å². The van der Waals surface area contributed by atoms with Gasteiger partial charge in [-0.1, -0.05) is 13.8 Å². The number of carbonyl (C=O) groups excluding carboxylic acids is 1. The SMILES string of the molecule is COC1(C(=O)N2CCC(C(C)C)CC2)CCNCC1. The van der Waals surface area contributed by atoms with Gasteiger partial charge in [-0.2, -0.15) is 0 Å². The highest BCUT2D eigenvalue weighted by molar-refractivity contribution is 5.85. The first-order valence-corrected chi connectivity index (χ1v) is 7.64. The number of hydrogen-bond donors (Lipinski definition) is 1. The van der Waals surface area contributed by atoms with Gasteiger partial charge in [0.2, 0.25) is 0 Å². The maximum Gasteiger partial charge on any atom is 0.254 e. The first-order valence-electron chi connectivity index (χ1n) is 7.64. The summed E-state index contributed by atoms with van der Waals surface area (Å²) in [5.74, 6) is 1.72. The zero-order valence-electron chi connectivity index (χ0n) is 12.6. The van der Waals surface area contributed by atoms with Crippen LogP contribution in [0, 0.1) is 11.8 Å². The lowest BCUT2D eigenvalue weighted by atomic mass is 9.85. The first-order chi connectivity index (χ1) is 9.09. The van der Waals surface area contributed by atoms with E-state index in [-0.39, 0.29) is 5.91 Å². The second-order valence-corrected chi connectivity index (χ2v) is 6.32. The molecule has 2 fully saturated rings. The number of methoxy groups -OCH3 is 1. The highest BCUT2D eigenvalue weighted by atomic mass is 16.5. The van der Waals surface area contributed by atoms with Crippen LogP contribution in [-0.2, 0) is 9.53 Å². The fraction of sp³-hybridized carbons (Fsp3) is 0.933. The molecule has 0 radical (unpaired) electrons. The molecule has 110 valence electrons. The third-order valence-corrected chi connectivity index (χ3v) is 4.96. The van der Waals surface area contributed by atoms with Crippen molar-refractivity contribution in [1.29, 1.82) is 0 Å². The number of amides is 1. The molecule has 2 heterocycles. The second-order valence-electron chi connectivity index (χ2n) is 6.32. The van der Waals surface area contributed by atoms with Crippen molar-refractivity contribution in [2.45, 2.75) is 45.1 Å². The molecule has 0 saturated carbocycles. The molecule has 0 atom stereocenters. The van der Waals surface area contributed by atoms with Gasteiger partial charge >= 0.3 is 0 Å². The summed E-state index contributed by atoms with van der Waals surface area (Å²) in [7, 11) is 1.68. The van der Waals surface area contributed by atoms with Crippen molar-refractivity contribution in [3.05, 3.63) is 0 Å². The van der Waals surface area contributed by atoms with E-state index in [1.807, 2.05) is 4.90 Å². The molecule has 1 N–H and O–H groups in total. The molecule has 0 unspecified atom stereocenters. The molecule has 0 aromatic rings. The first kappa shape index (κ1) is 14.8. The minimum Gasteiger partial charge on any atom is -0.368 e. The van der Waals surface area contributed by atoms with E-state index in [4.69, 9.17) is 4.74 Å². The average Bonchev–Trinajstić information content (AvgIpc) is 2.47. The van der Waals surface area contributed by atoms with Crippen molar-refractivity contribution in [3.8, 4) is 0 Å². The Morgan fingerprint density at radius 1 is 1.26 bits per heavy atom. The number of rotatable bonds is 3. The Morgan fingerprint density at radius 2 is 1.84 bits per heavy atom. The van der Waals surface area contributed by atoms with Crippen molar-refractivity contribution < 1.29 is 9.53 Å². The molecule has 2 saturated heterocycles. The van der Waals surface area contributed by atoms with Gasteiger partial charge in [0.25, 0.3) is 5.91 Å². The molecule has 4 nitrogen and oxygen atoms in total. The second kappa shape index (κ2) is 6.23. The monoisotopic (exact) mass is 268 g/mol. The Morgan fingerprint density at radius 3 is 2.32 bits per heavy atom. The Kier molecular flexibility index (Phi) is 4.85. The van der Waals surface area contributed by atoms with E-state index in [1.165, 1.54) is 0 Å². The van der Waals surface area contributed by atoms with Gasteiger partial charge < -0.3 is 15.0 Å². The Hall–Kier alpha value is -0.610.